The summed E-state index contributed by atoms with van der Waals surface area (Å²) in [6.07, 6.45) is -0.0740. The third-order valence-electron chi connectivity index (χ3n) is 5.20. The van der Waals surface area contributed by atoms with Gasteiger partial charge in [0.25, 0.3) is 0 Å². The standard InChI is InChI=1S/C18H24BrN3O3/c1-17(2,3)14-20-15(23)18(8-10-21(11-9-18)16(24)25)22(14)13-6-4-12(19)5-7-13/h4-7,14H,8-11H2,1-3H3,(H,20,23)(H,24,25). The van der Waals surface area contributed by atoms with Crippen LogP contribution in [0.3, 0.4) is 0 Å². The summed E-state index contributed by atoms with van der Waals surface area (Å²) < 4.78 is 0.983. The molecule has 1 unspecified atom stereocenters. The van der Waals surface area contributed by atoms with Crippen molar-refractivity contribution < 1.29 is 14.7 Å². The lowest BCUT2D eigenvalue weighted by Gasteiger charge is -2.46. The smallest absolute Gasteiger partial charge is 0.407 e. The quantitative estimate of drug-likeness (QED) is 0.746. The summed E-state index contributed by atoms with van der Waals surface area (Å²) in [4.78, 5) is 27.8. The van der Waals surface area contributed by atoms with E-state index in [9.17, 15) is 14.7 Å². The average molecular weight is 410 g/mol. The van der Waals surface area contributed by atoms with Crippen molar-refractivity contribution in [3.05, 3.63) is 28.7 Å². The number of rotatable bonds is 1. The molecule has 1 aromatic rings. The largest absolute Gasteiger partial charge is 0.465 e. The van der Waals surface area contributed by atoms with Crippen molar-refractivity contribution in [3.8, 4) is 0 Å². The van der Waals surface area contributed by atoms with Crippen molar-refractivity contribution >= 4 is 33.6 Å². The molecule has 0 aromatic heterocycles. The maximum atomic E-state index is 13.0. The van der Waals surface area contributed by atoms with Crippen molar-refractivity contribution in [1.82, 2.24) is 10.2 Å². The Morgan fingerprint density at radius 1 is 1.24 bits per heavy atom. The van der Waals surface area contributed by atoms with E-state index < -0.39 is 11.6 Å². The summed E-state index contributed by atoms with van der Waals surface area (Å²) in [6, 6.07) is 7.96. The van der Waals surface area contributed by atoms with E-state index >= 15 is 0 Å². The summed E-state index contributed by atoms with van der Waals surface area (Å²) in [5.74, 6) is 0.000354. The molecule has 1 spiro atoms. The number of carbonyl (C=O) groups excluding carboxylic acids is 1. The molecule has 0 radical (unpaired) electrons. The average Bonchev–Trinajstić information content (AvgIpc) is 2.82. The Balaban J connectivity index is 2.01. The molecule has 3 rings (SSSR count). The first kappa shape index (κ1) is 18.0. The Morgan fingerprint density at radius 2 is 1.80 bits per heavy atom. The van der Waals surface area contributed by atoms with Gasteiger partial charge in [0, 0.05) is 28.7 Å². The van der Waals surface area contributed by atoms with Crippen LogP contribution in [0.15, 0.2) is 28.7 Å². The summed E-state index contributed by atoms with van der Waals surface area (Å²) in [7, 11) is 0. The van der Waals surface area contributed by atoms with Gasteiger partial charge in [0.05, 0.1) is 0 Å². The molecule has 2 amide bonds. The van der Waals surface area contributed by atoms with Crippen LogP contribution < -0.4 is 10.2 Å². The fourth-order valence-electron chi connectivity index (χ4n) is 3.82. The molecule has 7 heteroatoms. The first-order chi connectivity index (χ1) is 11.6. The summed E-state index contributed by atoms with van der Waals surface area (Å²) >= 11 is 3.46. The second-order valence-corrected chi connectivity index (χ2v) is 8.81. The van der Waals surface area contributed by atoms with Gasteiger partial charge in [-0.15, -0.1) is 0 Å². The molecule has 1 aromatic carbocycles. The van der Waals surface area contributed by atoms with Crippen LogP contribution in [0.1, 0.15) is 33.6 Å². The number of carboxylic acid groups (broad SMARTS) is 1. The molecule has 0 saturated carbocycles. The highest BCUT2D eigenvalue weighted by molar-refractivity contribution is 9.10. The molecule has 2 saturated heterocycles. The highest BCUT2D eigenvalue weighted by Gasteiger charge is 2.57. The lowest BCUT2D eigenvalue weighted by atomic mass is 9.84. The summed E-state index contributed by atoms with van der Waals surface area (Å²) in [6.45, 7) is 7.05. The minimum Gasteiger partial charge on any atom is -0.465 e. The van der Waals surface area contributed by atoms with Crippen LogP contribution in [0, 0.1) is 5.41 Å². The number of benzene rings is 1. The highest BCUT2D eigenvalue weighted by Crippen LogP contribution is 2.43. The molecule has 2 N–H and O–H groups in total. The Hall–Kier alpha value is -1.76. The predicted octanol–water partition coefficient (Wildman–Crippen LogP) is 3.27. The van der Waals surface area contributed by atoms with Gasteiger partial charge in [0.1, 0.15) is 11.7 Å². The summed E-state index contributed by atoms with van der Waals surface area (Å²) in [5, 5.41) is 12.4. The molecule has 0 bridgehead atoms. The van der Waals surface area contributed by atoms with E-state index in [0.717, 1.165) is 10.2 Å². The van der Waals surface area contributed by atoms with E-state index in [-0.39, 0.29) is 17.5 Å². The van der Waals surface area contributed by atoms with Crippen LogP contribution in [0.25, 0.3) is 0 Å². The Kier molecular flexibility index (Phi) is 4.47. The zero-order valence-electron chi connectivity index (χ0n) is 14.8. The van der Waals surface area contributed by atoms with E-state index in [4.69, 9.17) is 0 Å². The van der Waals surface area contributed by atoms with Gasteiger partial charge in [-0.2, -0.15) is 0 Å². The van der Waals surface area contributed by atoms with Crippen LogP contribution >= 0.6 is 15.9 Å². The lowest BCUT2D eigenvalue weighted by Crippen LogP contribution is -2.59. The number of anilines is 1. The number of likely N-dealkylation sites (tertiary alicyclic amines) is 1. The van der Waals surface area contributed by atoms with Crippen LogP contribution in [-0.4, -0.2) is 46.8 Å². The fourth-order valence-corrected chi connectivity index (χ4v) is 4.08. The third-order valence-corrected chi connectivity index (χ3v) is 5.72. The molecule has 2 aliphatic heterocycles. The topological polar surface area (TPSA) is 72.9 Å². The number of carbonyl (C=O) groups is 2. The van der Waals surface area contributed by atoms with Gasteiger partial charge in [0.15, 0.2) is 0 Å². The minimum atomic E-state index is -0.921. The van der Waals surface area contributed by atoms with Crippen molar-refractivity contribution in [2.75, 3.05) is 18.0 Å². The zero-order valence-corrected chi connectivity index (χ0v) is 16.3. The third kappa shape index (κ3) is 3.10. The van der Waals surface area contributed by atoms with Gasteiger partial charge >= 0.3 is 6.09 Å². The van der Waals surface area contributed by atoms with Crippen LogP contribution in [-0.2, 0) is 4.79 Å². The first-order valence-electron chi connectivity index (χ1n) is 8.49. The van der Waals surface area contributed by atoms with Crippen molar-refractivity contribution in [2.24, 2.45) is 5.41 Å². The maximum Gasteiger partial charge on any atom is 0.407 e. The number of hydrogen-bond acceptors (Lipinski definition) is 3. The number of nitrogens with zero attached hydrogens (tertiary/aromatic N) is 2. The minimum absolute atomic E-state index is 0.000354. The van der Waals surface area contributed by atoms with Crippen molar-refractivity contribution in [2.45, 2.75) is 45.3 Å². The Labute approximate surface area is 156 Å². The summed E-state index contributed by atoms with van der Waals surface area (Å²) in [5.41, 5.74) is 0.124. The van der Waals surface area contributed by atoms with E-state index in [1.165, 1.54) is 4.90 Å². The molecule has 0 aliphatic carbocycles. The number of nitrogens with one attached hydrogen (secondary N) is 1. The molecule has 2 aliphatic rings. The Morgan fingerprint density at radius 3 is 2.28 bits per heavy atom. The second kappa shape index (κ2) is 6.20. The molecule has 2 heterocycles. The van der Waals surface area contributed by atoms with Gasteiger partial charge in [-0.05, 0) is 37.1 Å². The predicted molar refractivity (Wildman–Crippen MR) is 99.6 cm³/mol. The molecular weight excluding hydrogens is 386 g/mol. The number of piperidine rings is 1. The van der Waals surface area contributed by atoms with Gasteiger partial charge in [-0.1, -0.05) is 36.7 Å². The monoisotopic (exact) mass is 409 g/mol. The van der Waals surface area contributed by atoms with Crippen LogP contribution in [0.4, 0.5) is 10.5 Å². The zero-order chi connectivity index (χ0) is 18.4. The van der Waals surface area contributed by atoms with E-state index in [1.807, 2.05) is 24.3 Å². The van der Waals surface area contributed by atoms with Crippen molar-refractivity contribution in [1.29, 1.82) is 0 Å². The molecule has 136 valence electrons. The first-order valence-corrected chi connectivity index (χ1v) is 9.28. The van der Waals surface area contributed by atoms with Crippen LogP contribution in [0.2, 0.25) is 0 Å². The normalized spacial score (nSPS) is 23.0. The number of amides is 2. The molecule has 6 nitrogen and oxygen atoms in total. The van der Waals surface area contributed by atoms with Crippen LogP contribution in [0.5, 0.6) is 0 Å². The highest BCUT2D eigenvalue weighted by atomic mass is 79.9. The lowest BCUT2D eigenvalue weighted by molar-refractivity contribution is -0.125. The van der Waals surface area contributed by atoms with E-state index in [1.54, 1.807) is 0 Å². The SMILES string of the molecule is CC(C)(C)C1NC(=O)C2(CCN(C(=O)O)CC2)N1c1ccc(Br)cc1. The van der Waals surface area contributed by atoms with E-state index in [0.29, 0.717) is 25.9 Å². The number of hydrogen-bond donors (Lipinski definition) is 2. The van der Waals surface area contributed by atoms with Crippen molar-refractivity contribution in [3.63, 3.8) is 0 Å². The van der Waals surface area contributed by atoms with Gasteiger partial charge in [-0.3, -0.25) is 4.79 Å². The molecule has 2 fully saturated rings. The maximum absolute atomic E-state index is 13.0. The van der Waals surface area contributed by atoms with Gasteiger partial charge in [-0.25, -0.2) is 4.79 Å². The molecule has 1 atom stereocenters. The fraction of sp³-hybridized carbons (Fsp3) is 0.556. The van der Waals surface area contributed by atoms with Gasteiger partial charge in [0.2, 0.25) is 5.91 Å². The Bertz CT molecular complexity index is 676. The van der Waals surface area contributed by atoms with Gasteiger partial charge < -0.3 is 20.2 Å². The molecule has 25 heavy (non-hydrogen) atoms. The van der Waals surface area contributed by atoms with E-state index in [2.05, 4.69) is 46.9 Å². The molecular formula is C18H24BrN3O3. The second-order valence-electron chi connectivity index (χ2n) is 7.89. The number of halogens is 1.